The maximum absolute atomic E-state index is 12.1. The largest absolute Gasteiger partial charge is 0.493 e. The highest BCUT2D eigenvalue weighted by Gasteiger charge is 2.11. The number of benzene rings is 1. The Morgan fingerprint density at radius 3 is 2.78 bits per heavy atom. The van der Waals surface area contributed by atoms with Gasteiger partial charge in [0.25, 0.3) is 0 Å². The van der Waals surface area contributed by atoms with Crippen molar-refractivity contribution < 1.29 is 18.7 Å². The Hall–Kier alpha value is -3.06. The molecule has 3 aromatic rings. The molecule has 0 aliphatic rings. The first kappa shape index (κ1) is 18.7. The van der Waals surface area contributed by atoms with Gasteiger partial charge >= 0.3 is 0 Å². The number of amides is 1. The van der Waals surface area contributed by atoms with Gasteiger partial charge in [0.2, 0.25) is 5.91 Å². The van der Waals surface area contributed by atoms with Crippen molar-refractivity contribution in [3.8, 4) is 22.3 Å². The summed E-state index contributed by atoms with van der Waals surface area (Å²) in [7, 11) is 3.16. The first-order valence-electron chi connectivity index (χ1n) is 8.29. The van der Waals surface area contributed by atoms with Crippen LogP contribution < -0.4 is 14.8 Å². The Morgan fingerprint density at radius 2 is 2.07 bits per heavy atom. The topological polar surface area (TPSA) is 73.6 Å². The summed E-state index contributed by atoms with van der Waals surface area (Å²) < 4.78 is 15.8. The van der Waals surface area contributed by atoms with Gasteiger partial charge in [-0.05, 0) is 42.8 Å². The van der Waals surface area contributed by atoms with Gasteiger partial charge in [-0.25, -0.2) is 4.98 Å². The number of hydrogen-bond acceptors (Lipinski definition) is 6. The third-order valence-corrected chi connectivity index (χ3v) is 5.05. The Labute approximate surface area is 161 Å². The molecule has 0 spiro atoms. The number of hydrogen-bond donors (Lipinski definition) is 1. The Kier molecular flexibility index (Phi) is 5.93. The van der Waals surface area contributed by atoms with E-state index in [-0.39, 0.29) is 5.91 Å². The van der Waals surface area contributed by atoms with Crippen LogP contribution in [-0.2, 0) is 11.3 Å². The number of furan rings is 1. The number of carbonyl (C=O) groups excluding carboxylic acids is 1. The molecule has 0 aliphatic carbocycles. The summed E-state index contributed by atoms with van der Waals surface area (Å²) in [6.07, 6.45) is 4.84. The van der Waals surface area contributed by atoms with E-state index in [0.717, 1.165) is 26.9 Å². The van der Waals surface area contributed by atoms with Crippen LogP contribution >= 0.6 is 11.3 Å². The number of ether oxygens (including phenoxy) is 2. The first-order chi connectivity index (χ1) is 13.1. The summed E-state index contributed by atoms with van der Waals surface area (Å²) in [6, 6.07) is 9.16. The summed E-state index contributed by atoms with van der Waals surface area (Å²) in [5.41, 5.74) is 1.73. The molecule has 0 saturated carbocycles. The first-order valence-corrected chi connectivity index (χ1v) is 9.10. The third-order valence-electron chi connectivity index (χ3n) is 3.88. The molecule has 140 valence electrons. The number of methoxy groups -OCH3 is 2. The van der Waals surface area contributed by atoms with Crippen molar-refractivity contribution in [1.29, 1.82) is 0 Å². The molecular weight excluding hydrogens is 364 g/mol. The molecule has 7 heteroatoms. The minimum absolute atomic E-state index is 0.183. The number of aryl methyl sites for hydroxylation is 1. The fourth-order valence-corrected chi connectivity index (χ4v) is 3.42. The molecule has 0 fully saturated rings. The fourth-order valence-electron chi connectivity index (χ4n) is 2.45. The van der Waals surface area contributed by atoms with Crippen LogP contribution in [-0.4, -0.2) is 25.1 Å². The Balaban J connectivity index is 1.61. The lowest BCUT2D eigenvalue weighted by molar-refractivity contribution is -0.116. The van der Waals surface area contributed by atoms with E-state index < -0.39 is 0 Å². The van der Waals surface area contributed by atoms with E-state index >= 15 is 0 Å². The van der Waals surface area contributed by atoms with E-state index in [0.29, 0.717) is 18.0 Å². The SMILES string of the molecule is COc1ccc(/C=C/C(=O)NCc2sc(-c3ccco3)nc2C)cc1OC. The molecule has 3 rings (SSSR count). The lowest BCUT2D eigenvalue weighted by Gasteiger charge is -2.07. The van der Waals surface area contributed by atoms with Gasteiger partial charge in [0.1, 0.15) is 0 Å². The van der Waals surface area contributed by atoms with Gasteiger partial charge in [-0.2, -0.15) is 0 Å². The number of aromatic nitrogens is 1. The molecule has 0 radical (unpaired) electrons. The van der Waals surface area contributed by atoms with Crippen molar-refractivity contribution in [3.05, 3.63) is 58.8 Å². The summed E-state index contributed by atoms with van der Waals surface area (Å²) in [5, 5.41) is 3.69. The second-order valence-electron chi connectivity index (χ2n) is 5.67. The molecule has 1 N–H and O–H groups in total. The number of rotatable bonds is 7. The molecule has 2 heterocycles. The maximum Gasteiger partial charge on any atom is 0.244 e. The molecule has 0 aliphatic heterocycles. The predicted octanol–water partition coefficient (Wildman–Crippen LogP) is 4.06. The van der Waals surface area contributed by atoms with Crippen molar-refractivity contribution in [2.24, 2.45) is 0 Å². The summed E-state index contributed by atoms with van der Waals surface area (Å²) in [5.74, 6) is 1.81. The van der Waals surface area contributed by atoms with E-state index in [1.54, 1.807) is 32.6 Å². The zero-order valence-corrected chi connectivity index (χ0v) is 16.1. The molecule has 0 atom stereocenters. The van der Waals surface area contributed by atoms with E-state index in [9.17, 15) is 4.79 Å². The van der Waals surface area contributed by atoms with Gasteiger partial charge in [-0.1, -0.05) is 6.07 Å². The summed E-state index contributed by atoms with van der Waals surface area (Å²) in [4.78, 5) is 17.6. The van der Waals surface area contributed by atoms with Crippen molar-refractivity contribution >= 4 is 23.3 Å². The van der Waals surface area contributed by atoms with Crippen molar-refractivity contribution in [1.82, 2.24) is 10.3 Å². The Morgan fingerprint density at radius 1 is 1.26 bits per heavy atom. The van der Waals surface area contributed by atoms with Gasteiger partial charge in [-0.3, -0.25) is 4.79 Å². The number of nitrogens with zero attached hydrogens (tertiary/aromatic N) is 1. The molecule has 2 aromatic heterocycles. The van der Waals surface area contributed by atoms with Crippen LogP contribution in [0.3, 0.4) is 0 Å². The highest BCUT2D eigenvalue weighted by Crippen LogP contribution is 2.29. The Bertz CT molecular complexity index is 945. The van der Waals surface area contributed by atoms with Crippen molar-refractivity contribution in [2.45, 2.75) is 13.5 Å². The molecule has 0 unspecified atom stereocenters. The second-order valence-corrected chi connectivity index (χ2v) is 6.75. The number of carbonyl (C=O) groups is 1. The second kappa shape index (κ2) is 8.55. The molecule has 6 nitrogen and oxygen atoms in total. The molecule has 1 aromatic carbocycles. The van der Waals surface area contributed by atoms with Crippen LogP contribution in [0.4, 0.5) is 0 Å². The van der Waals surface area contributed by atoms with Gasteiger partial charge in [0.05, 0.1) is 32.7 Å². The third kappa shape index (κ3) is 4.57. The zero-order chi connectivity index (χ0) is 19.2. The molecular formula is C20H20N2O4S. The molecule has 1 amide bonds. The zero-order valence-electron chi connectivity index (χ0n) is 15.3. The fraction of sp³-hybridized carbons (Fsp3) is 0.200. The average molecular weight is 384 g/mol. The lowest BCUT2D eigenvalue weighted by Crippen LogP contribution is -2.20. The maximum atomic E-state index is 12.1. The monoisotopic (exact) mass is 384 g/mol. The summed E-state index contributed by atoms with van der Waals surface area (Å²) >= 11 is 1.51. The van der Waals surface area contributed by atoms with Gasteiger partial charge in [0.15, 0.2) is 22.3 Å². The normalized spacial score (nSPS) is 10.9. The summed E-state index contributed by atoms with van der Waals surface area (Å²) in [6.45, 7) is 2.34. The molecule has 27 heavy (non-hydrogen) atoms. The minimum Gasteiger partial charge on any atom is -0.493 e. The van der Waals surface area contributed by atoms with Crippen LogP contribution in [0.1, 0.15) is 16.1 Å². The number of thiazole rings is 1. The number of nitrogens with one attached hydrogen (secondary N) is 1. The standard InChI is InChI=1S/C20H20N2O4S/c1-13-18(27-20(22-13)16-5-4-10-26-16)12-21-19(23)9-7-14-6-8-15(24-2)17(11-14)25-3/h4-11H,12H2,1-3H3,(H,21,23)/b9-7+. The van der Waals surface area contributed by atoms with Gasteiger partial charge in [0, 0.05) is 11.0 Å². The smallest absolute Gasteiger partial charge is 0.244 e. The average Bonchev–Trinajstić information content (AvgIpc) is 3.34. The van der Waals surface area contributed by atoms with Crippen molar-refractivity contribution in [2.75, 3.05) is 14.2 Å². The van der Waals surface area contributed by atoms with Crippen LogP contribution in [0.2, 0.25) is 0 Å². The van der Waals surface area contributed by atoms with Crippen LogP contribution in [0.25, 0.3) is 16.8 Å². The van der Waals surface area contributed by atoms with E-state index in [2.05, 4.69) is 10.3 Å². The van der Waals surface area contributed by atoms with E-state index in [4.69, 9.17) is 13.9 Å². The highest BCUT2D eigenvalue weighted by atomic mass is 32.1. The van der Waals surface area contributed by atoms with Gasteiger partial charge < -0.3 is 19.2 Å². The molecule has 0 bridgehead atoms. The van der Waals surface area contributed by atoms with Gasteiger partial charge in [-0.15, -0.1) is 11.3 Å². The van der Waals surface area contributed by atoms with Crippen LogP contribution in [0.15, 0.2) is 47.1 Å². The highest BCUT2D eigenvalue weighted by molar-refractivity contribution is 7.15. The van der Waals surface area contributed by atoms with E-state index in [1.165, 1.54) is 17.4 Å². The lowest BCUT2D eigenvalue weighted by atomic mass is 10.2. The quantitative estimate of drug-likeness (QED) is 0.622. The molecule has 0 saturated heterocycles. The van der Waals surface area contributed by atoms with E-state index in [1.807, 2.05) is 31.2 Å². The minimum atomic E-state index is -0.183. The predicted molar refractivity (Wildman–Crippen MR) is 105 cm³/mol. The van der Waals surface area contributed by atoms with Crippen LogP contribution in [0, 0.1) is 6.92 Å². The van der Waals surface area contributed by atoms with Crippen molar-refractivity contribution in [3.63, 3.8) is 0 Å². The van der Waals surface area contributed by atoms with Crippen LogP contribution in [0.5, 0.6) is 11.5 Å².